The van der Waals surface area contributed by atoms with Gasteiger partial charge in [-0.1, -0.05) is 12.2 Å². The molecule has 1 saturated heterocycles. The first kappa shape index (κ1) is 7.12. The average Bonchev–Trinajstić information content (AvgIpc) is 2.62. The predicted octanol–water partition coefficient (Wildman–Crippen LogP) is 0.0165. The first-order chi connectivity index (χ1) is 6.25. The van der Waals surface area contributed by atoms with Crippen molar-refractivity contribution in [3.05, 3.63) is 12.2 Å². The highest BCUT2D eigenvalue weighted by atomic mass is 16.2. The molecule has 1 aliphatic heterocycles. The Morgan fingerprint density at radius 2 is 2.00 bits per heavy atom. The second-order valence-corrected chi connectivity index (χ2v) is 3.96. The van der Waals surface area contributed by atoms with Crippen LogP contribution in [0.2, 0.25) is 0 Å². The van der Waals surface area contributed by atoms with Gasteiger partial charge in [0.25, 0.3) is 0 Å². The van der Waals surface area contributed by atoms with Gasteiger partial charge >= 0.3 is 6.03 Å². The van der Waals surface area contributed by atoms with E-state index in [0.29, 0.717) is 11.8 Å². The molecule has 0 aromatic heterocycles. The van der Waals surface area contributed by atoms with Crippen LogP contribution in [-0.2, 0) is 4.79 Å². The van der Waals surface area contributed by atoms with Crippen molar-refractivity contribution in [2.45, 2.75) is 12.5 Å². The van der Waals surface area contributed by atoms with Gasteiger partial charge in [0.1, 0.15) is 0 Å². The third-order valence-corrected chi connectivity index (χ3v) is 3.30. The highest BCUT2D eigenvalue weighted by molar-refractivity contribution is 5.99. The second-order valence-electron chi connectivity index (χ2n) is 3.96. The van der Waals surface area contributed by atoms with E-state index in [1.165, 1.54) is 0 Å². The van der Waals surface area contributed by atoms with Gasteiger partial charge in [0.2, 0.25) is 5.91 Å². The highest BCUT2D eigenvalue weighted by Gasteiger charge is 2.51. The van der Waals surface area contributed by atoms with E-state index in [9.17, 15) is 9.59 Å². The van der Waals surface area contributed by atoms with E-state index >= 15 is 0 Å². The van der Waals surface area contributed by atoms with Crippen LogP contribution in [-0.4, -0.2) is 18.0 Å². The lowest BCUT2D eigenvalue weighted by atomic mass is 9.87. The molecule has 4 nitrogen and oxygen atoms in total. The lowest BCUT2D eigenvalue weighted by molar-refractivity contribution is -0.126. The van der Waals surface area contributed by atoms with E-state index in [1.54, 1.807) is 0 Å². The van der Waals surface area contributed by atoms with Crippen LogP contribution in [0.15, 0.2) is 12.2 Å². The summed E-state index contributed by atoms with van der Waals surface area (Å²) in [4.78, 5) is 22.5. The first-order valence-corrected chi connectivity index (χ1v) is 4.55. The van der Waals surface area contributed by atoms with Gasteiger partial charge in [-0.2, -0.15) is 0 Å². The number of rotatable bonds is 0. The second kappa shape index (κ2) is 2.13. The molecule has 0 unspecified atom stereocenters. The molecule has 13 heavy (non-hydrogen) atoms. The molecule has 3 rings (SSSR count). The normalized spacial score (nSPS) is 45.8. The Morgan fingerprint density at radius 3 is 2.85 bits per heavy atom. The number of amides is 3. The standard InChI is InChI=1S/C9H10N2O2/c12-8-6-4-1-2-5(3-4)7(6)10-9(13)11-8/h1-2,4-7H,3H2,(H2,10,11,12,13)/t4-,5+,6-,7+/m1/s1. The van der Waals surface area contributed by atoms with E-state index in [1.807, 2.05) is 0 Å². The third-order valence-electron chi connectivity index (χ3n) is 3.30. The molecule has 2 N–H and O–H groups in total. The smallest absolute Gasteiger partial charge is 0.321 e. The lowest BCUT2D eigenvalue weighted by Gasteiger charge is -2.31. The van der Waals surface area contributed by atoms with Crippen molar-refractivity contribution in [1.82, 2.24) is 10.6 Å². The largest absolute Gasteiger partial charge is 0.334 e. The molecule has 68 valence electrons. The predicted molar refractivity (Wildman–Crippen MR) is 44.7 cm³/mol. The Kier molecular flexibility index (Phi) is 1.17. The van der Waals surface area contributed by atoms with Crippen molar-refractivity contribution in [2.75, 3.05) is 0 Å². The summed E-state index contributed by atoms with van der Waals surface area (Å²) in [6.07, 6.45) is 5.23. The van der Waals surface area contributed by atoms with Crippen LogP contribution >= 0.6 is 0 Å². The van der Waals surface area contributed by atoms with Gasteiger partial charge in [-0.05, 0) is 18.3 Å². The van der Waals surface area contributed by atoms with Crippen LogP contribution in [0.4, 0.5) is 4.79 Å². The quantitative estimate of drug-likeness (QED) is 0.513. The van der Waals surface area contributed by atoms with Gasteiger partial charge in [-0.3, -0.25) is 10.1 Å². The average molecular weight is 178 g/mol. The monoisotopic (exact) mass is 178 g/mol. The molecule has 2 bridgehead atoms. The van der Waals surface area contributed by atoms with Crippen molar-refractivity contribution in [2.24, 2.45) is 17.8 Å². The molecular formula is C9H10N2O2. The molecule has 4 atom stereocenters. The number of urea groups is 1. The van der Waals surface area contributed by atoms with Gasteiger partial charge < -0.3 is 5.32 Å². The van der Waals surface area contributed by atoms with Crippen LogP contribution in [0.1, 0.15) is 6.42 Å². The van der Waals surface area contributed by atoms with Gasteiger partial charge in [0, 0.05) is 6.04 Å². The molecule has 0 aromatic carbocycles. The first-order valence-electron chi connectivity index (χ1n) is 4.55. The molecule has 0 aromatic rings. The summed E-state index contributed by atoms with van der Waals surface area (Å²) in [5, 5.41) is 5.13. The zero-order valence-electron chi connectivity index (χ0n) is 6.99. The maximum atomic E-state index is 11.5. The fourth-order valence-corrected chi connectivity index (χ4v) is 2.76. The molecule has 2 fully saturated rings. The Morgan fingerprint density at radius 1 is 1.23 bits per heavy atom. The molecule has 3 aliphatic rings. The number of hydrogen-bond acceptors (Lipinski definition) is 2. The zero-order chi connectivity index (χ0) is 9.00. The number of nitrogens with one attached hydrogen (secondary N) is 2. The zero-order valence-corrected chi connectivity index (χ0v) is 6.99. The van der Waals surface area contributed by atoms with Crippen LogP contribution in [0.25, 0.3) is 0 Å². The van der Waals surface area contributed by atoms with Crippen molar-refractivity contribution in [3.63, 3.8) is 0 Å². The minimum absolute atomic E-state index is 0.0206. The summed E-state index contributed by atoms with van der Waals surface area (Å²) in [6.45, 7) is 0. The SMILES string of the molecule is O=C1NC(=O)[C@H]2[C@@H](N1)[C@H]1C=C[C@@H]2C1. The van der Waals surface area contributed by atoms with Gasteiger partial charge in [-0.25, -0.2) is 4.79 Å². The van der Waals surface area contributed by atoms with E-state index in [4.69, 9.17) is 0 Å². The number of carbonyl (C=O) groups is 2. The van der Waals surface area contributed by atoms with Gasteiger partial charge in [-0.15, -0.1) is 0 Å². The molecular weight excluding hydrogens is 168 g/mol. The topological polar surface area (TPSA) is 58.2 Å². The third kappa shape index (κ3) is 0.802. The maximum Gasteiger partial charge on any atom is 0.321 e. The molecule has 0 radical (unpaired) electrons. The van der Waals surface area contributed by atoms with Crippen LogP contribution in [0, 0.1) is 17.8 Å². The Balaban J connectivity index is 1.98. The summed E-state index contributed by atoms with van der Waals surface area (Å²) >= 11 is 0. The molecule has 0 spiro atoms. The van der Waals surface area contributed by atoms with E-state index in [2.05, 4.69) is 22.8 Å². The van der Waals surface area contributed by atoms with Crippen LogP contribution < -0.4 is 10.6 Å². The minimum atomic E-state index is -0.341. The van der Waals surface area contributed by atoms with Crippen molar-refractivity contribution in [3.8, 4) is 0 Å². The number of imide groups is 1. The molecule has 3 amide bonds. The van der Waals surface area contributed by atoms with Gasteiger partial charge in [0.05, 0.1) is 5.92 Å². The number of allylic oxidation sites excluding steroid dienone is 1. The Bertz CT molecular complexity index is 324. The van der Waals surface area contributed by atoms with Crippen molar-refractivity contribution >= 4 is 11.9 Å². The van der Waals surface area contributed by atoms with Gasteiger partial charge in [0.15, 0.2) is 0 Å². The fraction of sp³-hybridized carbons (Fsp3) is 0.556. The summed E-state index contributed by atoms with van der Waals surface area (Å²) < 4.78 is 0. The Hall–Kier alpha value is -1.32. The fourth-order valence-electron chi connectivity index (χ4n) is 2.76. The Labute approximate surface area is 75.4 Å². The number of carbonyl (C=O) groups excluding carboxylic acids is 2. The summed E-state index contributed by atoms with van der Waals surface area (Å²) in [5.41, 5.74) is 0. The number of hydrogen-bond donors (Lipinski definition) is 2. The van der Waals surface area contributed by atoms with Crippen molar-refractivity contribution in [1.29, 1.82) is 0 Å². The van der Waals surface area contributed by atoms with Crippen molar-refractivity contribution < 1.29 is 9.59 Å². The maximum absolute atomic E-state index is 11.5. The van der Waals surface area contributed by atoms with E-state index in [0.717, 1.165) is 6.42 Å². The molecule has 1 saturated carbocycles. The molecule has 1 heterocycles. The molecule has 4 heteroatoms. The summed E-state index contributed by atoms with van der Waals surface area (Å²) in [7, 11) is 0. The summed E-state index contributed by atoms with van der Waals surface area (Å²) in [6, 6.07) is -0.288. The summed E-state index contributed by atoms with van der Waals surface area (Å²) in [5.74, 6) is 0.596. The van der Waals surface area contributed by atoms with E-state index < -0.39 is 0 Å². The van der Waals surface area contributed by atoms with E-state index in [-0.39, 0.29) is 23.9 Å². The minimum Gasteiger partial charge on any atom is -0.334 e. The number of fused-ring (bicyclic) bond motifs is 5. The lowest BCUT2D eigenvalue weighted by Crippen LogP contribution is -2.59. The molecule has 2 aliphatic carbocycles. The van der Waals surface area contributed by atoms with Crippen LogP contribution in [0.3, 0.4) is 0 Å². The van der Waals surface area contributed by atoms with Crippen LogP contribution in [0.5, 0.6) is 0 Å². The highest BCUT2D eigenvalue weighted by Crippen LogP contribution is 2.44.